The molecule has 0 unspecified atom stereocenters. The Labute approximate surface area is 184 Å². The molecule has 1 heterocycles. The Balaban J connectivity index is 1.53. The van der Waals surface area contributed by atoms with E-state index in [1.807, 2.05) is 41.1 Å². The molecule has 4 rings (SSSR count). The van der Waals surface area contributed by atoms with Gasteiger partial charge in [0.05, 0.1) is 22.7 Å². The van der Waals surface area contributed by atoms with Crippen molar-refractivity contribution in [1.29, 1.82) is 0 Å². The predicted octanol–water partition coefficient (Wildman–Crippen LogP) is 5.56. The van der Waals surface area contributed by atoms with Crippen LogP contribution in [0.1, 0.15) is 36.0 Å². The van der Waals surface area contributed by atoms with Crippen molar-refractivity contribution in [3.05, 3.63) is 64.3 Å². The van der Waals surface area contributed by atoms with E-state index in [9.17, 15) is 9.59 Å². The fourth-order valence-electron chi connectivity index (χ4n) is 4.17. The van der Waals surface area contributed by atoms with Crippen LogP contribution in [0.4, 0.5) is 0 Å². The van der Waals surface area contributed by atoms with Gasteiger partial charge in [-0.25, -0.2) is 0 Å². The van der Waals surface area contributed by atoms with Gasteiger partial charge in [0.15, 0.2) is 0 Å². The number of carboxylic acids is 1. The van der Waals surface area contributed by atoms with Crippen LogP contribution in [0.2, 0.25) is 10.0 Å². The molecule has 0 radical (unpaired) electrons. The number of nitrogens with one attached hydrogen (secondary N) is 1. The maximum absolute atomic E-state index is 13.0. The van der Waals surface area contributed by atoms with Crippen molar-refractivity contribution in [3.63, 3.8) is 0 Å². The van der Waals surface area contributed by atoms with Crippen molar-refractivity contribution in [2.75, 3.05) is 6.54 Å². The van der Waals surface area contributed by atoms with Gasteiger partial charge >= 0.3 is 5.97 Å². The summed E-state index contributed by atoms with van der Waals surface area (Å²) in [5.41, 5.74) is 2.18. The number of carbonyl (C=O) groups is 2. The summed E-state index contributed by atoms with van der Waals surface area (Å²) in [5.74, 6) is -0.876. The molecule has 0 atom stereocenters. The Morgan fingerprint density at radius 3 is 2.43 bits per heavy atom. The third-order valence-corrected chi connectivity index (χ3v) is 6.33. The fraction of sp³-hybridized carbons (Fsp3) is 0.304. The first-order chi connectivity index (χ1) is 14.4. The zero-order valence-corrected chi connectivity index (χ0v) is 17.8. The monoisotopic (exact) mass is 444 g/mol. The van der Waals surface area contributed by atoms with E-state index in [2.05, 4.69) is 5.32 Å². The van der Waals surface area contributed by atoms with Gasteiger partial charge in [-0.2, -0.15) is 0 Å². The molecule has 1 saturated carbocycles. The number of benzene rings is 2. The molecule has 1 fully saturated rings. The van der Waals surface area contributed by atoms with Gasteiger partial charge in [-0.1, -0.05) is 23.2 Å². The lowest BCUT2D eigenvalue weighted by molar-refractivity contribution is -0.143. The van der Waals surface area contributed by atoms with Gasteiger partial charge in [-0.3, -0.25) is 9.59 Å². The number of fused-ring (bicyclic) bond motifs is 1. The van der Waals surface area contributed by atoms with Gasteiger partial charge in [0.1, 0.15) is 0 Å². The summed E-state index contributed by atoms with van der Waals surface area (Å²) in [7, 11) is 0. The van der Waals surface area contributed by atoms with Crippen LogP contribution in [-0.2, 0) is 4.79 Å². The molecule has 2 N–H and O–H groups in total. The van der Waals surface area contributed by atoms with Crippen LogP contribution < -0.4 is 5.32 Å². The number of carbonyl (C=O) groups excluding carboxylic acids is 1. The molecule has 0 bridgehead atoms. The van der Waals surface area contributed by atoms with Crippen molar-refractivity contribution in [1.82, 2.24) is 9.88 Å². The van der Waals surface area contributed by atoms with Crippen LogP contribution in [0.15, 0.2) is 48.7 Å². The SMILES string of the molecule is O=C(NCC1CCC(C(=O)O)CC1)c1cc(Cl)ccc1-n1ccc2cc(Cl)ccc21. The highest BCUT2D eigenvalue weighted by molar-refractivity contribution is 6.31. The largest absolute Gasteiger partial charge is 0.481 e. The van der Waals surface area contributed by atoms with E-state index < -0.39 is 5.97 Å². The summed E-state index contributed by atoms with van der Waals surface area (Å²) < 4.78 is 1.95. The van der Waals surface area contributed by atoms with Crippen molar-refractivity contribution in [3.8, 4) is 5.69 Å². The van der Waals surface area contributed by atoms with Crippen LogP contribution in [0.5, 0.6) is 0 Å². The smallest absolute Gasteiger partial charge is 0.306 e. The quantitative estimate of drug-likeness (QED) is 0.540. The summed E-state index contributed by atoms with van der Waals surface area (Å²) in [5, 5.41) is 14.3. The molecule has 1 aliphatic rings. The second-order valence-electron chi connectivity index (χ2n) is 7.82. The van der Waals surface area contributed by atoms with E-state index in [4.69, 9.17) is 28.3 Å². The summed E-state index contributed by atoms with van der Waals surface area (Å²) in [6, 6.07) is 12.9. The zero-order chi connectivity index (χ0) is 21.3. The summed E-state index contributed by atoms with van der Waals surface area (Å²) in [6.45, 7) is 0.527. The Morgan fingerprint density at radius 1 is 1.00 bits per heavy atom. The molecule has 1 amide bonds. The number of nitrogens with zero attached hydrogens (tertiary/aromatic N) is 1. The number of hydrogen-bond acceptors (Lipinski definition) is 2. The first-order valence-corrected chi connectivity index (χ1v) is 10.8. The topological polar surface area (TPSA) is 71.3 Å². The van der Waals surface area contributed by atoms with Gasteiger partial charge in [-0.15, -0.1) is 0 Å². The fourth-order valence-corrected chi connectivity index (χ4v) is 4.52. The lowest BCUT2D eigenvalue weighted by Crippen LogP contribution is -2.33. The summed E-state index contributed by atoms with van der Waals surface area (Å²) in [4.78, 5) is 24.1. The first-order valence-electron chi connectivity index (χ1n) is 10.00. The third kappa shape index (κ3) is 4.32. The summed E-state index contributed by atoms with van der Waals surface area (Å²) in [6.07, 6.45) is 4.85. The van der Waals surface area contributed by atoms with E-state index in [0.29, 0.717) is 40.9 Å². The molecule has 0 spiro atoms. The average molecular weight is 445 g/mol. The Kier molecular flexibility index (Phi) is 6.02. The Hall–Kier alpha value is -2.50. The number of halogens is 2. The number of amides is 1. The summed E-state index contributed by atoms with van der Waals surface area (Å²) >= 11 is 12.3. The average Bonchev–Trinajstić information content (AvgIpc) is 3.15. The maximum atomic E-state index is 13.0. The molecule has 0 saturated heterocycles. The number of aliphatic carboxylic acids is 1. The zero-order valence-electron chi connectivity index (χ0n) is 16.3. The Bertz CT molecular complexity index is 1100. The number of carboxylic acid groups (broad SMARTS) is 1. The highest BCUT2D eigenvalue weighted by Gasteiger charge is 2.26. The van der Waals surface area contributed by atoms with E-state index >= 15 is 0 Å². The number of hydrogen-bond donors (Lipinski definition) is 2. The van der Waals surface area contributed by atoms with Gasteiger partial charge in [0.2, 0.25) is 0 Å². The highest BCUT2D eigenvalue weighted by Crippen LogP contribution is 2.29. The minimum atomic E-state index is -0.721. The van der Waals surface area contributed by atoms with Crippen LogP contribution in [0.3, 0.4) is 0 Å². The first kappa shape index (κ1) is 20.8. The van der Waals surface area contributed by atoms with E-state index in [0.717, 1.165) is 29.4 Å². The van der Waals surface area contributed by atoms with Gasteiger partial charge in [0.25, 0.3) is 5.91 Å². The molecule has 0 aliphatic heterocycles. The van der Waals surface area contributed by atoms with E-state index in [1.54, 1.807) is 12.1 Å². The number of aromatic nitrogens is 1. The molecule has 3 aromatic rings. The lowest BCUT2D eigenvalue weighted by Gasteiger charge is -2.26. The van der Waals surface area contributed by atoms with Crippen molar-refractivity contribution in [2.45, 2.75) is 25.7 Å². The van der Waals surface area contributed by atoms with Crippen molar-refractivity contribution >= 4 is 46.0 Å². The minimum absolute atomic E-state index is 0.191. The second kappa shape index (κ2) is 8.70. The molecule has 1 aromatic heterocycles. The molecular formula is C23H22Cl2N2O3. The van der Waals surface area contributed by atoms with Gasteiger partial charge in [-0.05, 0) is 74.1 Å². The standard InChI is InChI=1S/C23H22Cl2N2O3/c24-17-5-7-20-16(11-17)9-10-27(20)21-8-6-18(25)12-19(21)22(28)26-13-14-1-3-15(4-2-14)23(29)30/h5-12,14-15H,1-4,13H2,(H,26,28)(H,29,30). The van der Waals surface area contributed by atoms with E-state index in [-0.39, 0.29) is 11.8 Å². The predicted molar refractivity (Wildman–Crippen MR) is 119 cm³/mol. The molecular weight excluding hydrogens is 423 g/mol. The molecule has 7 heteroatoms. The molecule has 156 valence electrons. The third-order valence-electron chi connectivity index (χ3n) is 5.86. The van der Waals surface area contributed by atoms with E-state index in [1.165, 1.54) is 0 Å². The van der Waals surface area contributed by atoms with Crippen LogP contribution in [0.25, 0.3) is 16.6 Å². The molecule has 1 aliphatic carbocycles. The molecule has 5 nitrogen and oxygen atoms in total. The number of rotatable bonds is 5. The van der Waals surface area contributed by atoms with Crippen molar-refractivity contribution < 1.29 is 14.7 Å². The highest BCUT2D eigenvalue weighted by atomic mass is 35.5. The van der Waals surface area contributed by atoms with Gasteiger partial charge < -0.3 is 15.0 Å². The maximum Gasteiger partial charge on any atom is 0.306 e. The second-order valence-corrected chi connectivity index (χ2v) is 8.69. The lowest BCUT2D eigenvalue weighted by atomic mass is 9.82. The molecule has 30 heavy (non-hydrogen) atoms. The van der Waals surface area contributed by atoms with Crippen LogP contribution >= 0.6 is 23.2 Å². The normalized spacial score (nSPS) is 19.0. The Morgan fingerprint density at radius 2 is 1.70 bits per heavy atom. The molecule has 2 aromatic carbocycles. The van der Waals surface area contributed by atoms with Crippen molar-refractivity contribution in [2.24, 2.45) is 11.8 Å². The van der Waals surface area contributed by atoms with Gasteiger partial charge in [0, 0.05) is 28.2 Å². The van der Waals surface area contributed by atoms with Crippen LogP contribution in [-0.4, -0.2) is 28.1 Å². The minimum Gasteiger partial charge on any atom is -0.481 e. The van der Waals surface area contributed by atoms with Crippen LogP contribution in [0, 0.1) is 11.8 Å².